The SMILES string of the molecule is COc1ccc(-n2nc(C(C)(C)C)cc2NC(=O)CN(C)C(=O)CC(C)(C)C)cc1. The number of nitrogens with one attached hydrogen (secondary N) is 1. The van der Waals surface area contributed by atoms with Crippen LogP contribution >= 0.6 is 0 Å². The summed E-state index contributed by atoms with van der Waals surface area (Å²) < 4.78 is 6.93. The molecule has 0 fully saturated rings. The predicted molar refractivity (Wildman–Crippen MR) is 119 cm³/mol. The van der Waals surface area contributed by atoms with Crippen LogP contribution in [0.4, 0.5) is 5.82 Å². The van der Waals surface area contributed by atoms with E-state index in [0.717, 1.165) is 17.1 Å². The maximum atomic E-state index is 12.7. The lowest BCUT2D eigenvalue weighted by Crippen LogP contribution is -2.36. The van der Waals surface area contributed by atoms with Gasteiger partial charge in [-0.1, -0.05) is 41.5 Å². The fourth-order valence-electron chi connectivity index (χ4n) is 2.83. The van der Waals surface area contributed by atoms with E-state index >= 15 is 0 Å². The molecule has 0 saturated carbocycles. The number of benzene rings is 1. The number of anilines is 1. The molecule has 0 radical (unpaired) electrons. The Hall–Kier alpha value is -2.83. The normalized spacial score (nSPS) is 11.9. The van der Waals surface area contributed by atoms with E-state index in [0.29, 0.717) is 12.2 Å². The van der Waals surface area contributed by atoms with E-state index in [-0.39, 0.29) is 29.2 Å². The summed E-state index contributed by atoms with van der Waals surface area (Å²) in [7, 11) is 3.26. The second-order valence-corrected chi connectivity index (χ2v) is 9.81. The highest BCUT2D eigenvalue weighted by Gasteiger charge is 2.23. The molecule has 1 aromatic heterocycles. The summed E-state index contributed by atoms with van der Waals surface area (Å²) in [6.45, 7) is 12.2. The lowest BCUT2D eigenvalue weighted by atomic mass is 9.92. The van der Waals surface area contributed by atoms with E-state index in [9.17, 15) is 9.59 Å². The first-order chi connectivity index (χ1) is 13.8. The van der Waals surface area contributed by atoms with E-state index in [2.05, 4.69) is 26.1 Å². The Labute approximate surface area is 179 Å². The summed E-state index contributed by atoms with van der Waals surface area (Å²) in [6, 6.07) is 9.33. The number of aromatic nitrogens is 2. The first kappa shape index (κ1) is 23.4. The molecule has 0 aliphatic rings. The third kappa shape index (κ3) is 6.34. The van der Waals surface area contributed by atoms with Crippen LogP contribution in [0, 0.1) is 5.41 Å². The first-order valence-electron chi connectivity index (χ1n) is 10.1. The molecular weight excluding hydrogens is 380 g/mol. The minimum atomic E-state index is -0.269. The molecule has 1 heterocycles. The summed E-state index contributed by atoms with van der Waals surface area (Å²) in [5.41, 5.74) is 1.34. The lowest BCUT2D eigenvalue weighted by molar-refractivity contribution is -0.134. The first-order valence-corrected chi connectivity index (χ1v) is 10.1. The van der Waals surface area contributed by atoms with Crippen LogP contribution in [0.2, 0.25) is 0 Å². The van der Waals surface area contributed by atoms with Crippen molar-refractivity contribution in [2.24, 2.45) is 5.41 Å². The van der Waals surface area contributed by atoms with Crippen LogP contribution in [-0.4, -0.2) is 47.2 Å². The third-order valence-corrected chi connectivity index (χ3v) is 4.55. The molecule has 2 amide bonds. The smallest absolute Gasteiger partial charge is 0.245 e. The Morgan fingerprint density at radius 1 is 1.10 bits per heavy atom. The molecule has 0 saturated heterocycles. The average Bonchev–Trinajstić information content (AvgIpc) is 3.04. The van der Waals surface area contributed by atoms with Crippen molar-refractivity contribution < 1.29 is 14.3 Å². The molecule has 1 aromatic carbocycles. The van der Waals surface area contributed by atoms with Gasteiger partial charge in [-0.3, -0.25) is 9.59 Å². The number of carbonyl (C=O) groups is 2. The number of ether oxygens (including phenoxy) is 1. The largest absolute Gasteiger partial charge is 0.497 e. The monoisotopic (exact) mass is 414 g/mol. The van der Waals surface area contributed by atoms with Gasteiger partial charge in [0.2, 0.25) is 11.8 Å². The quantitative estimate of drug-likeness (QED) is 0.775. The van der Waals surface area contributed by atoms with Crippen LogP contribution in [0.1, 0.15) is 53.7 Å². The maximum Gasteiger partial charge on any atom is 0.245 e. The van der Waals surface area contributed by atoms with Crippen molar-refractivity contribution in [1.82, 2.24) is 14.7 Å². The van der Waals surface area contributed by atoms with Crippen LogP contribution in [0.5, 0.6) is 5.75 Å². The second kappa shape index (κ2) is 8.90. The third-order valence-electron chi connectivity index (χ3n) is 4.55. The second-order valence-electron chi connectivity index (χ2n) is 9.81. The minimum absolute atomic E-state index is 0.0203. The maximum absolute atomic E-state index is 12.7. The standard InChI is InChI=1S/C23H34N4O3/c1-22(2,3)14-21(29)26(7)15-20(28)24-19-13-18(23(4,5)6)25-27(19)16-9-11-17(30-8)12-10-16/h9-13H,14-15H2,1-8H3,(H,24,28). The Morgan fingerprint density at radius 2 is 1.70 bits per heavy atom. The summed E-state index contributed by atoms with van der Waals surface area (Å²) in [5, 5.41) is 7.62. The molecule has 1 N–H and O–H groups in total. The molecule has 0 aliphatic heterocycles. The molecule has 30 heavy (non-hydrogen) atoms. The van der Waals surface area contributed by atoms with Crippen molar-refractivity contribution >= 4 is 17.6 Å². The van der Waals surface area contributed by atoms with Gasteiger partial charge >= 0.3 is 0 Å². The number of likely N-dealkylation sites (N-methyl/N-ethyl adjacent to an activating group) is 1. The molecule has 7 heteroatoms. The Bertz CT molecular complexity index is 887. The van der Waals surface area contributed by atoms with E-state index in [1.165, 1.54) is 4.90 Å². The fraction of sp³-hybridized carbons (Fsp3) is 0.522. The van der Waals surface area contributed by atoms with Crippen LogP contribution in [-0.2, 0) is 15.0 Å². The van der Waals surface area contributed by atoms with Gasteiger partial charge in [-0.05, 0) is 29.7 Å². The van der Waals surface area contributed by atoms with Gasteiger partial charge in [-0.15, -0.1) is 0 Å². The molecule has 164 valence electrons. The number of rotatable bonds is 6. The van der Waals surface area contributed by atoms with Gasteiger partial charge in [0.1, 0.15) is 11.6 Å². The molecule has 0 aliphatic carbocycles. The summed E-state index contributed by atoms with van der Waals surface area (Å²) in [5.74, 6) is 0.977. The van der Waals surface area contributed by atoms with Crippen LogP contribution < -0.4 is 10.1 Å². The van der Waals surface area contributed by atoms with Gasteiger partial charge in [-0.25, -0.2) is 4.68 Å². The predicted octanol–water partition coefficient (Wildman–Crippen LogP) is 4.01. The topological polar surface area (TPSA) is 76.5 Å². The van der Waals surface area contributed by atoms with E-state index < -0.39 is 0 Å². The van der Waals surface area contributed by atoms with Gasteiger partial charge < -0.3 is 15.0 Å². The van der Waals surface area contributed by atoms with Crippen molar-refractivity contribution in [3.05, 3.63) is 36.0 Å². The fourth-order valence-corrected chi connectivity index (χ4v) is 2.83. The number of amides is 2. The minimum Gasteiger partial charge on any atom is -0.497 e. The molecule has 0 atom stereocenters. The summed E-state index contributed by atoms with van der Waals surface area (Å²) in [6.07, 6.45) is 0.384. The summed E-state index contributed by atoms with van der Waals surface area (Å²) in [4.78, 5) is 26.5. The van der Waals surface area contributed by atoms with Gasteiger partial charge in [-0.2, -0.15) is 5.10 Å². The van der Waals surface area contributed by atoms with E-state index in [4.69, 9.17) is 9.84 Å². The zero-order chi connectivity index (χ0) is 22.7. The number of hydrogen-bond acceptors (Lipinski definition) is 4. The molecule has 7 nitrogen and oxygen atoms in total. The number of nitrogens with zero attached hydrogens (tertiary/aromatic N) is 3. The Kier molecular flexibility index (Phi) is 6.95. The Balaban J connectivity index is 2.23. The Morgan fingerprint density at radius 3 is 2.20 bits per heavy atom. The van der Waals surface area contributed by atoms with Crippen molar-refractivity contribution in [3.8, 4) is 11.4 Å². The zero-order valence-electron chi connectivity index (χ0n) is 19.4. The zero-order valence-corrected chi connectivity index (χ0v) is 19.4. The van der Waals surface area contributed by atoms with Gasteiger partial charge in [0.25, 0.3) is 0 Å². The highest BCUT2D eigenvalue weighted by Crippen LogP contribution is 2.27. The number of hydrogen-bond donors (Lipinski definition) is 1. The van der Waals surface area contributed by atoms with Gasteiger partial charge in [0, 0.05) is 24.9 Å². The molecule has 0 spiro atoms. The number of carbonyl (C=O) groups excluding carboxylic acids is 2. The highest BCUT2D eigenvalue weighted by molar-refractivity contribution is 5.94. The van der Waals surface area contributed by atoms with Gasteiger partial charge in [0.05, 0.1) is 25.0 Å². The molecule has 0 unspecified atom stereocenters. The van der Waals surface area contributed by atoms with Crippen molar-refractivity contribution in [2.75, 3.05) is 26.0 Å². The van der Waals surface area contributed by atoms with E-state index in [1.54, 1.807) is 18.8 Å². The highest BCUT2D eigenvalue weighted by atomic mass is 16.5. The molecular formula is C23H34N4O3. The molecule has 0 bridgehead atoms. The van der Waals surface area contributed by atoms with Crippen molar-refractivity contribution in [2.45, 2.75) is 53.4 Å². The van der Waals surface area contributed by atoms with Gasteiger partial charge in [0.15, 0.2) is 0 Å². The van der Waals surface area contributed by atoms with Crippen molar-refractivity contribution in [1.29, 1.82) is 0 Å². The average molecular weight is 415 g/mol. The molecule has 2 rings (SSSR count). The number of methoxy groups -OCH3 is 1. The van der Waals surface area contributed by atoms with Crippen molar-refractivity contribution in [3.63, 3.8) is 0 Å². The molecule has 2 aromatic rings. The summed E-state index contributed by atoms with van der Waals surface area (Å²) >= 11 is 0. The van der Waals surface area contributed by atoms with Crippen LogP contribution in [0.3, 0.4) is 0 Å². The van der Waals surface area contributed by atoms with Crippen LogP contribution in [0.15, 0.2) is 30.3 Å². The lowest BCUT2D eigenvalue weighted by Gasteiger charge is -2.23. The van der Waals surface area contributed by atoms with Crippen LogP contribution in [0.25, 0.3) is 5.69 Å². The van der Waals surface area contributed by atoms with E-state index in [1.807, 2.05) is 51.1 Å².